The van der Waals surface area contributed by atoms with Crippen molar-refractivity contribution in [1.82, 2.24) is 14.5 Å². The first-order valence-electron chi connectivity index (χ1n) is 13.6. The zero-order valence-corrected chi connectivity index (χ0v) is 21.5. The van der Waals surface area contributed by atoms with E-state index in [0.717, 1.165) is 43.4 Å². The molecule has 1 aromatic heterocycles. The molecule has 8 heteroatoms. The molecule has 0 spiro atoms. The Balaban J connectivity index is 1.35. The minimum atomic E-state index is -4.77. The van der Waals surface area contributed by atoms with E-state index >= 15 is 0 Å². The molecule has 1 unspecified atom stereocenters. The fourth-order valence-electron chi connectivity index (χ4n) is 8.35. The summed E-state index contributed by atoms with van der Waals surface area (Å²) in [6, 6.07) is 8.70. The highest BCUT2D eigenvalue weighted by Gasteiger charge is 2.45. The van der Waals surface area contributed by atoms with Crippen molar-refractivity contribution in [2.75, 3.05) is 0 Å². The smallest absolute Gasteiger partial charge is 0.320 e. The Hall–Kier alpha value is -1.53. The number of hydrogen-bond donors (Lipinski definition) is 2. The molecule has 2 N–H and O–H groups in total. The van der Waals surface area contributed by atoms with Gasteiger partial charge in [-0.05, 0) is 81.3 Å². The van der Waals surface area contributed by atoms with Crippen LogP contribution in [0.1, 0.15) is 83.6 Å². The third kappa shape index (κ3) is 4.43. The molecule has 2 saturated carbocycles. The Labute approximate surface area is 207 Å². The molecular weight excluding hydrogens is 461 g/mol. The number of benzene rings is 1. The summed E-state index contributed by atoms with van der Waals surface area (Å²) in [6.45, 7) is 2.44. The van der Waals surface area contributed by atoms with Crippen molar-refractivity contribution in [3.05, 3.63) is 34.6 Å². The zero-order chi connectivity index (χ0) is 24.3. The summed E-state index contributed by atoms with van der Waals surface area (Å²) in [6.07, 6.45) is 13.4. The summed E-state index contributed by atoms with van der Waals surface area (Å²) in [5.74, 6) is 2.57. The molecule has 3 heterocycles. The second-order valence-electron chi connectivity index (χ2n) is 12.0. The second-order valence-corrected chi connectivity index (χ2v) is 13.5. The first-order chi connectivity index (χ1) is 16.8. The second kappa shape index (κ2) is 9.09. The maximum Gasteiger partial charge on any atom is 0.380 e. The van der Waals surface area contributed by atoms with Crippen LogP contribution in [0.3, 0.4) is 0 Å². The van der Waals surface area contributed by atoms with Gasteiger partial charge in [-0.25, -0.2) is 4.98 Å². The van der Waals surface area contributed by atoms with E-state index in [1.807, 2.05) is 12.1 Å². The third-order valence-corrected chi connectivity index (χ3v) is 10.4. The van der Waals surface area contributed by atoms with Crippen LogP contribution in [0.25, 0.3) is 11.0 Å². The number of hydrogen-bond acceptors (Lipinski definition) is 4. The van der Waals surface area contributed by atoms with Gasteiger partial charge in [0.25, 0.3) is 5.56 Å². The zero-order valence-electron chi connectivity index (χ0n) is 20.6. The molecule has 2 aliphatic carbocycles. The van der Waals surface area contributed by atoms with Crippen LogP contribution in [-0.4, -0.2) is 42.4 Å². The van der Waals surface area contributed by atoms with Gasteiger partial charge < -0.3 is 14.4 Å². The van der Waals surface area contributed by atoms with E-state index in [9.17, 15) is 19.1 Å². The molecule has 7 nitrogen and oxygen atoms in total. The Morgan fingerprint density at radius 1 is 0.857 bits per heavy atom. The quantitative estimate of drug-likeness (QED) is 0.610. The van der Waals surface area contributed by atoms with Gasteiger partial charge >= 0.3 is 7.60 Å². The SMILES string of the molecule is C[C@H]1C[C@H]2CC[C@H](C2)C[C@@H](N2[C@@H]3CCC[C@H]2CC(n2c(=O)c(P(=O)(O)O)nc4ccccc42)C3)C1. The van der Waals surface area contributed by atoms with E-state index in [4.69, 9.17) is 0 Å². The molecule has 7 atom stereocenters. The molecule has 4 fully saturated rings. The van der Waals surface area contributed by atoms with Crippen molar-refractivity contribution in [2.24, 2.45) is 17.8 Å². The van der Waals surface area contributed by atoms with Crippen LogP contribution >= 0.6 is 7.60 Å². The van der Waals surface area contributed by atoms with Gasteiger partial charge in [-0.15, -0.1) is 0 Å². The third-order valence-electron chi connectivity index (χ3n) is 9.51. The van der Waals surface area contributed by atoms with Gasteiger partial charge in [-0.3, -0.25) is 14.3 Å². The lowest BCUT2D eigenvalue weighted by molar-refractivity contribution is -0.0332. The van der Waals surface area contributed by atoms with Gasteiger partial charge in [0.2, 0.25) is 5.44 Å². The maximum atomic E-state index is 13.4. The molecule has 0 radical (unpaired) electrons. The van der Waals surface area contributed by atoms with Crippen LogP contribution in [0.4, 0.5) is 0 Å². The fraction of sp³-hybridized carbons (Fsp3) is 0.704. The molecule has 2 aromatic rings. The largest absolute Gasteiger partial charge is 0.380 e. The van der Waals surface area contributed by atoms with Crippen LogP contribution < -0.4 is 11.0 Å². The molecule has 1 aromatic carbocycles. The molecule has 4 bridgehead atoms. The predicted octanol–water partition coefficient (Wildman–Crippen LogP) is 4.36. The Morgan fingerprint density at radius 2 is 1.54 bits per heavy atom. The highest BCUT2D eigenvalue weighted by molar-refractivity contribution is 7.59. The van der Waals surface area contributed by atoms with Gasteiger partial charge in [0.15, 0.2) is 0 Å². The molecule has 2 aliphatic heterocycles. The lowest BCUT2D eigenvalue weighted by Gasteiger charge is -2.53. The molecule has 190 valence electrons. The van der Waals surface area contributed by atoms with Crippen molar-refractivity contribution >= 4 is 24.1 Å². The topological polar surface area (TPSA) is 95.7 Å². The molecule has 2 saturated heterocycles. The molecule has 6 rings (SSSR count). The van der Waals surface area contributed by atoms with Crippen molar-refractivity contribution in [1.29, 1.82) is 0 Å². The summed E-state index contributed by atoms with van der Waals surface area (Å²) < 4.78 is 13.8. The van der Waals surface area contributed by atoms with Crippen molar-refractivity contribution in [2.45, 2.75) is 102 Å². The molecule has 0 amide bonds. The Morgan fingerprint density at radius 3 is 2.26 bits per heavy atom. The standard InChI is InChI=1S/C27H38N3O4P/c1-17-11-18-9-10-19(13-18)14-22(12-17)29-20-5-4-6-21(29)16-23(15-20)30-25-8-3-2-7-24(25)28-26(27(30)31)35(32,33)34/h2-3,7-8,17-23H,4-6,9-16H2,1H3,(H2,32,33,34)/t17-,18+,19+,20-,21+,22-,23?/m0/s1. The summed E-state index contributed by atoms with van der Waals surface area (Å²) in [5.41, 5.74) is -0.0796. The molecule has 4 aliphatic rings. The number of fused-ring (bicyclic) bond motifs is 5. The number of piperidine rings is 2. The lowest BCUT2D eigenvalue weighted by Crippen LogP contribution is -2.58. The van der Waals surface area contributed by atoms with Crippen molar-refractivity contribution < 1.29 is 14.4 Å². The van der Waals surface area contributed by atoms with Gasteiger partial charge in [-0.1, -0.05) is 38.3 Å². The predicted molar refractivity (Wildman–Crippen MR) is 137 cm³/mol. The van der Waals surface area contributed by atoms with Crippen molar-refractivity contribution in [3.63, 3.8) is 0 Å². The number of aromatic nitrogens is 2. The van der Waals surface area contributed by atoms with Crippen molar-refractivity contribution in [3.8, 4) is 0 Å². The van der Waals surface area contributed by atoms with E-state index in [2.05, 4.69) is 16.8 Å². The van der Waals surface area contributed by atoms with E-state index < -0.39 is 18.6 Å². The van der Waals surface area contributed by atoms with Crippen LogP contribution in [0.15, 0.2) is 29.1 Å². The molecule has 35 heavy (non-hydrogen) atoms. The summed E-state index contributed by atoms with van der Waals surface area (Å²) >= 11 is 0. The summed E-state index contributed by atoms with van der Waals surface area (Å²) in [4.78, 5) is 40.2. The summed E-state index contributed by atoms with van der Waals surface area (Å²) in [5, 5.41) is 0. The van der Waals surface area contributed by atoms with Crippen LogP contribution in [-0.2, 0) is 4.57 Å². The average molecular weight is 500 g/mol. The minimum Gasteiger partial charge on any atom is -0.320 e. The summed E-state index contributed by atoms with van der Waals surface area (Å²) in [7, 11) is -4.77. The van der Waals surface area contributed by atoms with E-state index in [1.165, 1.54) is 44.9 Å². The number of rotatable bonds is 3. The Kier molecular flexibility index (Phi) is 6.19. The van der Waals surface area contributed by atoms with Gasteiger partial charge in [-0.2, -0.15) is 0 Å². The Bertz CT molecular complexity index is 1190. The van der Waals surface area contributed by atoms with Crippen LogP contribution in [0.5, 0.6) is 0 Å². The van der Waals surface area contributed by atoms with E-state index in [-0.39, 0.29) is 6.04 Å². The monoisotopic (exact) mass is 499 g/mol. The normalized spacial score (nSPS) is 36.1. The lowest BCUT2D eigenvalue weighted by atomic mass is 9.76. The first-order valence-corrected chi connectivity index (χ1v) is 15.2. The van der Waals surface area contributed by atoms with Gasteiger partial charge in [0, 0.05) is 24.2 Å². The van der Waals surface area contributed by atoms with Crippen LogP contribution in [0.2, 0.25) is 0 Å². The van der Waals surface area contributed by atoms with Gasteiger partial charge in [0.05, 0.1) is 11.0 Å². The highest BCUT2D eigenvalue weighted by Crippen LogP contribution is 2.47. The van der Waals surface area contributed by atoms with Crippen LogP contribution in [0, 0.1) is 17.8 Å². The number of nitrogens with zero attached hydrogens (tertiary/aromatic N) is 3. The fourth-order valence-corrected chi connectivity index (χ4v) is 8.95. The number of para-hydroxylation sites is 2. The average Bonchev–Trinajstić information content (AvgIpc) is 3.24. The minimum absolute atomic E-state index is 0.0610. The first kappa shape index (κ1) is 23.8. The van der Waals surface area contributed by atoms with Gasteiger partial charge in [0.1, 0.15) is 0 Å². The maximum absolute atomic E-state index is 13.4. The van der Waals surface area contributed by atoms with E-state index in [0.29, 0.717) is 29.2 Å². The highest BCUT2D eigenvalue weighted by atomic mass is 31.2. The van der Waals surface area contributed by atoms with E-state index in [1.54, 1.807) is 16.7 Å². The molecular formula is C27H38N3O4P.